The van der Waals surface area contributed by atoms with Gasteiger partial charge < -0.3 is 19.5 Å². The predicted molar refractivity (Wildman–Crippen MR) is 124 cm³/mol. The zero-order chi connectivity index (χ0) is 23.8. The average molecular weight is 470 g/mol. The molecule has 2 amide bonds. The molecule has 0 spiro atoms. The Morgan fingerprint density at radius 1 is 0.939 bits per heavy atom. The quantitative estimate of drug-likeness (QED) is 0.458. The molecular weight excluding hydrogens is 446 g/mol. The van der Waals surface area contributed by atoms with E-state index in [1.807, 2.05) is 0 Å². The second kappa shape index (κ2) is 11.1. The van der Waals surface area contributed by atoms with Gasteiger partial charge in [-0.1, -0.05) is 0 Å². The number of ether oxygens (including phenoxy) is 3. The first-order valence-electron chi connectivity index (χ1n) is 9.98. The monoisotopic (exact) mass is 469 g/mol. The fourth-order valence-corrected chi connectivity index (χ4v) is 3.57. The second-order valence-electron chi connectivity index (χ2n) is 6.69. The normalized spacial score (nSPS) is 10.3. The standard InChI is InChI=1S/C23H23N3O6S/c1-4-32-22(29)14-5-8-16(9-6-14)24-20(27)12-17-13-33-23(25-17)26-21(28)15-7-10-18(30-2)19(11-15)31-3/h5-11,13H,4,12H2,1-3H3,(H,24,27)(H,25,26,28). The first kappa shape index (κ1) is 23.7. The van der Waals surface area contributed by atoms with Crippen molar-refractivity contribution in [3.63, 3.8) is 0 Å². The Morgan fingerprint density at radius 3 is 2.30 bits per heavy atom. The Kier molecular flexibility index (Phi) is 7.98. The number of nitrogens with one attached hydrogen (secondary N) is 2. The third kappa shape index (κ3) is 6.30. The molecule has 0 unspecified atom stereocenters. The van der Waals surface area contributed by atoms with Crippen LogP contribution in [0.1, 0.15) is 33.3 Å². The van der Waals surface area contributed by atoms with E-state index in [-0.39, 0.29) is 18.2 Å². The van der Waals surface area contributed by atoms with E-state index < -0.39 is 5.97 Å². The summed E-state index contributed by atoms with van der Waals surface area (Å²) in [6, 6.07) is 11.2. The molecule has 2 N–H and O–H groups in total. The number of nitrogens with zero attached hydrogens (tertiary/aromatic N) is 1. The summed E-state index contributed by atoms with van der Waals surface area (Å²) in [5.41, 5.74) is 1.85. The number of anilines is 2. The van der Waals surface area contributed by atoms with Gasteiger partial charge in [-0.15, -0.1) is 11.3 Å². The van der Waals surface area contributed by atoms with E-state index in [0.29, 0.717) is 45.7 Å². The number of rotatable bonds is 9. The van der Waals surface area contributed by atoms with Gasteiger partial charge >= 0.3 is 5.97 Å². The number of amides is 2. The molecule has 0 radical (unpaired) electrons. The van der Waals surface area contributed by atoms with Gasteiger partial charge in [0.15, 0.2) is 16.6 Å². The van der Waals surface area contributed by atoms with E-state index in [9.17, 15) is 14.4 Å². The summed E-state index contributed by atoms with van der Waals surface area (Å²) in [7, 11) is 3.01. The smallest absolute Gasteiger partial charge is 0.338 e. The van der Waals surface area contributed by atoms with E-state index >= 15 is 0 Å². The summed E-state index contributed by atoms with van der Waals surface area (Å²) in [5, 5.41) is 7.54. The van der Waals surface area contributed by atoms with Crippen molar-refractivity contribution in [3.05, 3.63) is 64.7 Å². The van der Waals surface area contributed by atoms with Gasteiger partial charge in [0.05, 0.1) is 38.5 Å². The van der Waals surface area contributed by atoms with Crippen molar-refractivity contribution in [3.8, 4) is 11.5 Å². The first-order valence-corrected chi connectivity index (χ1v) is 10.9. The van der Waals surface area contributed by atoms with Gasteiger partial charge in [-0.25, -0.2) is 9.78 Å². The van der Waals surface area contributed by atoms with E-state index in [1.165, 1.54) is 25.6 Å². The highest BCUT2D eigenvalue weighted by atomic mass is 32.1. The van der Waals surface area contributed by atoms with Gasteiger partial charge in [-0.3, -0.25) is 14.9 Å². The van der Waals surface area contributed by atoms with Crippen LogP contribution in [-0.2, 0) is 16.0 Å². The molecule has 0 bridgehead atoms. The molecule has 0 aliphatic heterocycles. The molecule has 172 valence electrons. The number of thiazole rings is 1. The fraction of sp³-hybridized carbons (Fsp3) is 0.217. The number of methoxy groups -OCH3 is 2. The van der Waals surface area contributed by atoms with E-state index in [2.05, 4.69) is 15.6 Å². The minimum absolute atomic E-state index is 0.0301. The lowest BCUT2D eigenvalue weighted by molar-refractivity contribution is -0.115. The van der Waals surface area contributed by atoms with Crippen LogP contribution in [-0.4, -0.2) is 43.6 Å². The Hall–Kier alpha value is -3.92. The Balaban J connectivity index is 1.56. The zero-order valence-corrected chi connectivity index (χ0v) is 19.2. The molecule has 0 atom stereocenters. The third-order valence-corrected chi connectivity index (χ3v) is 5.25. The molecule has 0 fully saturated rings. The van der Waals surface area contributed by atoms with Crippen LogP contribution >= 0.6 is 11.3 Å². The van der Waals surface area contributed by atoms with Crippen LogP contribution in [0, 0.1) is 0 Å². The highest BCUT2D eigenvalue weighted by Crippen LogP contribution is 2.28. The number of benzene rings is 2. The molecule has 3 rings (SSSR count). The van der Waals surface area contributed by atoms with E-state index in [4.69, 9.17) is 14.2 Å². The molecule has 1 aromatic heterocycles. The van der Waals surface area contributed by atoms with Crippen LogP contribution in [0.25, 0.3) is 0 Å². The number of aromatic nitrogens is 1. The zero-order valence-electron chi connectivity index (χ0n) is 18.3. The lowest BCUT2D eigenvalue weighted by Gasteiger charge is -2.09. The van der Waals surface area contributed by atoms with Crippen LogP contribution < -0.4 is 20.1 Å². The number of hydrogen-bond donors (Lipinski definition) is 2. The van der Waals surface area contributed by atoms with Crippen LogP contribution in [0.15, 0.2) is 47.8 Å². The van der Waals surface area contributed by atoms with Crippen LogP contribution in [0.4, 0.5) is 10.8 Å². The van der Waals surface area contributed by atoms with Gasteiger partial charge in [0.1, 0.15) is 0 Å². The van der Waals surface area contributed by atoms with Crippen LogP contribution in [0.2, 0.25) is 0 Å². The maximum Gasteiger partial charge on any atom is 0.338 e. The highest BCUT2D eigenvalue weighted by molar-refractivity contribution is 7.14. The topological polar surface area (TPSA) is 116 Å². The van der Waals surface area contributed by atoms with Crippen molar-refractivity contribution < 1.29 is 28.6 Å². The molecule has 0 aliphatic rings. The number of hydrogen-bond acceptors (Lipinski definition) is 8. The molecule has 0 saturated carbocycles. The molecule has 9 nitrogen and oxygen atoms in total. The minimum Gasteiger partial charge on any atom is -0.493 e. The summed E-state index contributed by atoms with van der Waals surface area (Å²) in [6.45, 7) is 2.03. The van der Waals surface area contributed by atoms with Crippen molar-refractivity contribution >= 4 is 39.9 Å². The van der Waals surface area contributed by atoms with Crippen LogP contribution in [0.3, 0.4) is 0 Å². The van der Waals surface area contributed by atoms with Gasteiger partial charge in [-0.2, -0.15) is 0 Å². The van der Waals surface area contributed by atoms with E-state index in [0.717, 1.165) is 0 Å². The number of esters is 1. The highest BCUT2D eigenvalue weighted by Gasteiger charge is 2.14. The largest absolute Gasteiger partial charge is 0.493 e. The molecule has 10 heteroatoms. The van der Waals surface area contributed by atoms with Crippen molar-refractivity contribution in [1.29, 1.82) is 0 Å². The van der Waals surface area contributed by atoms with Gasteiger partial charge in [0, 0.05) is 16.6 Å². The molecule has 1 heterocycles. The molecule has 33 heavy (non-hydrogen) atoms. The molecule has 2 aromatic carbocycles. The Labute approximate surface area is 194 Å². The predicted octanol–water partition coefficient (Wildman–Crippen LogP) is 3.77. The summed E-state index contributed by atoms with van der Waals surface area (Å²) < 4.78 is 15.3. The van der Waals surface area contributed by atoms with Crippen molar-refractivity contribution in [2.75, 3.05) is 31.5 Å². The SMILES string of the molecule is CCOC(=O)c1ccc(NC(=O)Cc2csc(NC(=O)c3ccc(OC)c(OC)c3)n2)cc1. The van der Waals surface area contributed by atoms with Crippen LogP contribution in [0.5, 0.6) is 11.5 Å². The number of carbonyl (C=O) groups is 3. The Bertz CT molecular complexity index is 1140. The van der Waals surface area contributed by atoms with Crippen molar-refractivity contribution in [2.24, 2.45) is 0 Å². The lowest BCUT2D eigenvalue weighted by Crippen LogP contribution is -2.15. The summed E-state index contributed by atoms with van der Waals surface area (Å²) >= 11 is 1.22. The van der Waals surface area contributed by atoms with Gasteiger partial charge in [0.25, 0.3) is 5.91 Å². The second-order valence-corrected chi connectivity index (χ2v) is 7.55. The average Bonchev–Trinajstić information content (AvgIpc) is 3.25. The molecular formula is C23H23N3O6S. The third-order valence-electron chi connectivity index (χ3n) is 4.44. The summed E-state index contributed by atoms with van der Waals surface area (Å²) in [5.74, 6) is -0.0884. The maximum atomic E-state index is 12.5. The summed E-state index contributed by atoms with van der Waals surface area (Å²) in [4.78, 5) is 40.8. The molecule has 0 aliphatic carbocycles. The Morgan fingerprint density at radius 2 is 1.64 bits per heavy atom. The van der Waals surface area contributed by atoms with Crippen molar-refractivity contribution in [2.45, 2.75) is 13.3 Å². The minimum atomic E-state index is -0.416. The molecule has 0 saturated heterocycles. The fourth-order valence-electron chi connectivity index (χ4n) is 2.87. The maximum absolute atomic E-state index is 12.5. The lowest BCUT2D eigenvalue weighted by atomic mass is 10.2. The van der Waals surface area contributed by atoms with Gasteiger partial charge in [0.2, 0.25) is 5.91 Å². The first-order chi connectivity index (χ1) is 15.9. The van der Waals surface area contributed by atoms with Gasteiger partial charge in [-0.05, 0) is 49.4 Å². The summed E-state index contributed by atoms with van der Waals surface area (Å²) in [6.07, 6.45) is 0.0301. The molecule has 3 aromatic rings. The number of carbonyl (C=O) groups excluding carboxylic acids is 3. The van der Waals surface area contributed by atoms with Crippen molar-refractivity contribution in [1.82, 2.24) is 4.98 Å². The van der Waals surface area contributed by atoms with E-state index in [1.54, 1.807) is 54.8 Å².